The summed E-state index contributed by atoms with van der Waals surface area (Å²) in [5.74, 6) is 4.14. The van der Waals surface area contributed by atoms with Gasteiger partial charge in [0.1, 0.15) is 0 Å². The molecule has 0 spiro atoms. The molecule has 1 heteroatoms. The molecule has 0 aromatic heterocycles. The third-order valence-corrected chi connectivity index (χ3v) is 3.54. The van der Waals surface area contributed by atoms with Crippen LogP contribution in [0, 0.1) is 30.1 Å². The molecule has 0 N–H and O–H groups in total. The monoisotopic (exact) mass is 259 g/mol. The third-order valence-electron chi connectivity index (χ3n) is 3.54. The van der Waals surface area contributed by atoms with Crippen molar-refractivity contribution < 1.29 is 0 Å². The second-order valence-corrected chi connectivity index (χ2v) is 5.46. The van der Waals surface area contributed by atoms with Gasteiger partial charge in [0.15, 0.2) is 0 Å². The summed E-state index contributed by atoms with van der Waals surface area (Å²) in [6, 6.07) is 0. The molecule has 0 radical (unpaired) electrons. The molecular weight excluding hydrogens is 230 g/mol. The van der Waals surface area contributed by atoms with E-state index < -0.39 is 0 Å². The first-order valence-electron chi connectivity index (χ1n) is 7.23. The number of hydrogen-bond donors (Lipinski definition) is 0. The quantitative estimate of drug-likeness (QED) is 0.350. The molecule has 0 amide bonds. The normalized spacial score (nSPS) is 16.7. The summed E-state index contributed by atoms with van der Waals surface area (Å²) in [7, 11) is 1.84. The molecule has 0 aliphatic heterocycles. The summed E-state index contributed by atoms with van der Waals surface area (Å²) in [5, 5.41) is 0. The van der Waals surface area contributed by atoms with E-state index in [1.54, 1.807) is 0 Å². The summed E-state index contributed by atoms with van der Waals surface area (Å²) in [6.07, 6.45) is 14.4. The first kappa shape index (κ1) is 17.7. The first-order valence-corrected chi connectivity index (χ1v) is 7.23. The van der Waals surface area contributed by atoms with Gasteiger partial charge in [-0.15, -0.1) is 6.42 Å². The van der Waals surface area contributed by atoms with E-state index in [0.717, 1.165) is 12.1 Å². The van der Waals surface area contributed by atoms with Gasteiger partial charge < -0.3 is 0 Å². The number of allylic oxidation sites excluding steroid dienone is 4. The summed E-state index contributed by atoms with van der Waals surface area (Å²) in [4.78, 5) is 4.30. The minimum Gasteiger partial charge on any atom is -0.293 e. The van der Waals surface area contributed by atoms with Crippen molar-refractivity contribution in [3.05, 3.63) is 23.8 Å². The average molecular weight is 259 g/mol. The predicted molar refractivity (Wildman–Crippen MR) is 87.5 cm³/mol. The molecule has 0 heterocycles. The van der Waals surface area contributed by atoms with Crippen molar-refractivity contribution in [2.45, 2.75) is 47.5 Å². The van der Waals surface area contributed by atoms with E-state index in [9.17, 15) is 0 Å². The molecule has 0 aliphatic rings. The van der Waals surface area contributed by atoms with Crippen molar-refractivity contribution in [2.75, 3.05) is 7.05 Å². The second kappa shape index (κ2) is 9.62. The number of rotatable bonds is 7. The Kier molecular flexibility index (Phi) is 8.96. The maximum absolute atomic E-state index is 5.61. The van der Waals surface area contributed by atoms with Gasteiger partial charge in [0.25, 0.3) is 0 Å². The van der Waals surface area contributed by atoms with Crippen molar-refractivity contribution >= 4 is 5.71 Å². The van der Waals surface area contributed by atoms with Crippen LogP contribution >= 0.6 is 0 Å². The molecule has 1 nitrogen and oxygen atoms in total. The van der Waals surface area contributed by atoms with E-state index in [1.165, 1.54) is 12.0 Å². The summed E-state index contributed by atoms with van der Waals surface area (Å²) in [6.45, 7) is 10.8. The molecular formula is C18H29N. The highest BCUT2D eigenvalue weighted by Crippen LogP contribution is 2.17. The standard InChI is InChI=1S/C18H29N/c1-8-15(5)11-10-12-18(16(6)19-7)13-17(9-2)14(3)4/h2,10-11,13-15,17H,8,12H2,1,3-7H3/b11-10?,18-13-,19-16?. The zero-order chi connectivity index (χ0) is 14.8. The van der Waals surface area contributed by atoms with Gasteiger partial charge in [-0.2, -0.15) is 0 Å². The predicted octanol–water partition coefficient (Wildman–Crippen LogP) is 4.90. The lowest BCUT2D eigenvalue weighted by Gasteiger charge is -2.13. The number of aliphatic imine (C=N–C) groups is 1. The fourth-order valence-electron chi connectivity index (χ4n) is 1.69. The largest absolute Gasteiger partial charge is 0.293 e. The van der Waals surface area contributed by atoms with Crippen LogP contribution in [0.1, 0.15) is 47.5 Å². The van der Waals surface area contributed by atoms with E-state index in [4.69, 9.17) is 6.42 Å². The summed E-state index contributed by atoms with van der Waals surface area (Å²) in [5.41, 5.74) is 2.33. The van der Waals surface area contributed by atoms with E-state index in [-0.39, 0.29) is 5.92 Å². The van der Waals surface area contributed by atoms with Gasteiger partial charge in [0.2, 0.25) is 0 Å². The van der Waals surface area contributed by atoms with Crippen LogP contribution in [0.25, 0.3) is 0 Å². The molecule has 0 aromatic carbocycles. The highest BCUT2D eigenvalue weighted by molar-refractivity contribution is 5.98. The number of hydrogen-bond acceptors (Lipinski definition) is 1. The SMILES string of the molecule is C#CC(/C=C(/CC=CC(C)CC)C(C)=NC)C(C)C. The molecule has 2 unspecified atom stereocenters. The maximum atomic E-state index is 5.61. The average Bonchev–Trinajstić information content (AvgIpc) is 2.40. The van der Waals surface area contributed by atoms with E-state index in [2.05, 4.69) is 63.8 Å². The third kappa shape index (κ3) is 7.01. The molecule has 0 aliphatic carbocycles. The Morgan fingerprint density at radius 2 is 1.95 bits per heavy atom. The molecule has 0 saturated carbocycles. The Hall–Kier alpha value is -1.29. The summed E-state index contributed by atoms with van der Waals surface area (Å²) < 4.78 is 0. The molecule has 19 heavy (non-hydrogen) atoms. The lowest BCUT2D eigenvalue weighted by atomic mass is 9.92. The smallest absolute Gasteiger partial charge is 0.0409 e. The van der Waals surface area contributed by atoms with E-state index in [1.807, 2.05) is 7.05 Å². The lowest BCUT2D eigenvalue weighted by molar-refractivity contribution is 0.564. The Morgan fingerprint density at radius 1 is 1.32 bits per heavy atom. The van der Waals surface area contributed by atoms with Gasteiger partial charge in [0.05, 0.1) is 0 Å². The van der Waals surface area contributed by atoms with Gasteiger partial charge in [-0.3, -0.25) is 4.99 Å². The van der Waals surface area contributed by atoms with Crippen LogP contribution in [-0.2, 0) is 0 Å². The van der Waals surface area contributed by atoms with Crippen molar-refractivity contribution in [3.63, 3.8) is 0 Å². The summed E-state index contributed by atoms with van der Waals surface area (Å²) >= 11 is 0. The highest BCUT2D eigenvalue weighted by Gasteiger charge is 2.09. The van der Waals surface area contributed by atoms with Crippen molar-refractivity contribution in [1.29, 1.82) is 0 Å². The molecule has 0 aromatic rings. The topological polar surface area (TPSA) is 12.4 Å². The van der Waals surface area contributed by atoms with Gasteiger partial charge in [-0.25, -0.2) is 0 Å². The highest BCUT2D eigenvalue weighted by atomic mass is 14.7. The molecule has 0 bridgehead atoms. The molecule has 106 valence electrons. The van der Waals surface area contributed by atoms with Crippen LogP contribution in [0.5, 0.6) is 0 Å². The van der Waals surface area contributed by atoms with Crippen molar-refractivity contribution in [1.82, 2.24) is 0 Å². The molecule has 0 saturated heterocycles. The Morgan fingerprint density at radius 3 is 2.37 bits per heavy atom. The zero-order valence-corrected chi connectivity index (χ0v) is 13.4. The van der Waals surface area contributed by atoms with Crippen LogP contribution in [0.2, 0.25) is 0 Å². The fourth-order valence-corrected chi connectivity index (χ4v) is 1.69. The number of terminal acetylenes is 1. The van der Waals surface area contributed by atoms with Gasteiger partial charge in [-0.1, -0.05) is 58.3 Å². The van der Waals surface area contributed by atoms with Crippen LogP contribution in [-0.4, -0.2) is 12.8 Å². The van der Waals surface area contributed by atoms with Crippen LogP contribution in [0.15, 0.2) is 28.8 Å². The number of nitrogens with zero attached hydrogens (tertiary/aromatic N) is 1. The van der Waals surface area contributed by atoms with Crippen LogP contribution in [0.3, 0.4) is 0 Å². The van der Waals surface area contributed by atoms with Crippen molar-refractivity contribution in [2.24, 2.45) is 22.7 Å². The Labute approximate surface area is 119 Å². The lowest BCUT2D eigenvalue weighted by Crippen LogP contribution is -2.07. The second-order valence-electron chi connectivity index (χ2n) is 5.46. The minimum atomic E-state index is 0.184. The fraction of sp³-hybridized carbons (Fsp3) is 0.611. The van der Waals surface area contributed by atoms with Crippen LogP contribution < -0.4 is 0 Å². The Balaban J connectivity index is 4.99. The zero-order valence-electron chi connectivity index (χ0n) is 13.4. The van der Waals surface area contributed by atoms with E-state index in [0.29, 0.717) is 11.8 Å². The molecule has 0 fully saturated rings. The van der Waals surface area contributed by atoms with E-state index >= 15 is 0 Å². The molecule has 0 rings (SSSR count). The van der Waals surface area contributed by atoms with Gasteiger partial charge >= 0.3 is 0 Å². The first-order chi connectivity index (χ1) is 8.96. The maximum Gasteiger partial charge on any atom is 0.0409 e. The van der Waals surface area contributed by atoms with Gasteiger partial charge in [-0.05, 0) is 30.8 Å². The molecule has 2 atom stereocenters. The van der Waals surface area contributed by atoms with Crippen LogP contribution in [0.4, 0.5) is 0 Å². The van der Waals surface area contributed by atoms with Gasteiger partial charge in [0, 0.05) is 18.7 Å². The van der Waals surface area contributed by atoms with Crippen molar-refractivity contribution in [3.8, 4) is 12.3 Å². The minimum absolute atomic E-state index is 0.184. The Bertz CT molecular complexity index is 377.